The van der Waals surface area contributed by atoms with Crippen LogP contribution < -0.4 is 0 Å². The van der Waals surface area contributed by atoms with E-state index in [4.69, 9.17) is 18.9 Å². The summed E-state index contributed by atoms with van der Waals surface area (Å²) in [6.45, 7) is 1.48. The Balaban J connectivity index is 1.63. The highest BCUT2D eigenvalue weighted by atomic mass is 19.1. The first-order chi connectivity index (χ1) is 16.9. The van der Waals surface area contributed by atoms with E-state index in [9.17, 15) is 14.4 Å². The lowest BCUT2D eigenvalue weighted by atomic mass is 9.99. The molecule has 8 heteroatoms. The van der Waals surface area contributed by atoms with Crippen molar-refractivity contribution in [2.45, 2.75) is 37.7 Å². The average molecular weight is 478 g/mol. The van der Waals surface area contributed by atoms with Gasteiger partial charge >= 0.3 is 17.9 Å². The van der Waals surface area contributed by atoms with Crippen LogP contribution in [0.2, 0.25) is 0 Å². The normalized spacial score (nSPS) is 23.7. The molecule has 0 amide bonds. The van der Waals surface area contributed by atoms with E-state index in [1.54, 1.807) is 66.7 Å². The van der Waals surface area contributed by atoms with E-state index in [0.717, 1.165) is 0 Å². The summed E-state index contributed by atoms with van der Waals surface area (Å²) < 4.78 is 37.0. The molecule has 1 aliphatic rings. The number of carbonyl (C=O) groups excluding carboxylic acids is 3. The number of rotatable bonds is 6. The highest BCUT2D eigenvalue weighted by Crippen LogP contribution is 2.30. The van der Waals surface area contributed by atoms with Gasteiger partial charge in [0, 0.05) is 0 Å². The van der Waals surface area contributed by atoms with Crippen molar-refractivity contribution in [1.29, 1.82) is 0 Å². The summed E-state index contributed by atoms with van der Waals surface area (Å²) in [6.07, 6.45) is -7.53. The lowest BCUT2D eigenvalue weighted by Crippen LogP contribution is -2.59. The fourth-order valence-electron chi connectivity index (χ4n) is 3.68. The number of alkyl halides is 1. The molecule has 5 unspecified atom stereocenters. The summed E-state index contributed by atoms with van der Waals surface area (Å²) in [5.41, 5.74) is 0.612. The number of benzene rings is 3. The van der Waals surface area contributed by atoms with Gasteiger partial charge in [-0.3, -0.25) is 0 Å². The summed E-state index contributed by atoms with van der Waals surface area (Å²) in [5.74, 6) is -2.36. The predicted octanol–water partition coefficient (Wildman–Crippen LogP) is 4.38. The average Bonchev–Trinajstić information content (AvgIpc) is 2.89. The van der Waals surface area contributed by atoms with Crippen LogP contribution in [0.1, 0.15) is 38.0 Å². The summed E-state index contributed by atoms with van der Waals surface area (Å²) in [4.78, 5) is 38.3. The molecule has 3 aromatic carbocycles. The monoisotopic (exact) mass is 478 g/mol. The zero-order chi connectivity index (χ0) is 24.8. The number of hydrogen-bond acceptors (Lipinski definition) is 7. The Morgan fingerprint density at radius 3 is 1.34 bits per heavy atom. The van der Waals surface area contributed by atoms with E-state index < -0.39 is 48.7 Å². The Morgan fingerprint density at radius 1 is 0.600 bits per heavy atom. The Morgan fingerprint density at radius 2 is 0.943 bits per heavy atom. The molecule has 4 rings (SSSR count). The van der Waals surface area contributed by atoms with E-state index in [2.05, 4.69) is 0 Å². The highest BCUT2D eigenvalue weighted by molar-refractivity contribution is 5.91. The second-order valence-electron chi connectivity index (χ2n) is 7.90. The van der Waals surface area contributed by atoms with Crippen LogP contribution in [-0.4, -0.2) is 48.7 Å². The third-order valence-electron chi connectivity index (χ3n) is 5.47. The maximum atomic E-state index is 15.1. The molecule has 0 aromatic heterocycles. The van der Waals surface area contributed by atoms with Gasteiger partial charge in [-0.05, 0) is 43.3 Å². The van der Waals surface area contributed by atoms with Crippen molar-refractivity contribution in [3.05, 3.63) is 108 Å². The van der Waals surface area contributed by atoms with E-state index in [1.807, 2.05) is 0 Å². The van der Waals surface area contributed by atoms with Gasteiger partial charge in [-0.25, -0.2) is 18.8 Å². The molecule has 35 heavy (non-hydrogen) atoms. The zero-order valence-corrected chi connectivity index (χ0v) is 18.8. The van der Waals surface area contributed by atoms with Crippen LogP contribution in [0.3, 0.4) is 0 Å². The summed E-state index contributed by atoms with van der Waals surface area (Å²) >= 11 is 0. The Kier molecular flexibility index (Phi) is 7.52. The van der Waals surface area contributed by atoms with Gasteiger partial charge in [0.2, 0.25) is 6.36 Å². The molecule has 7 nitrogen and oxygen atoms in total. The van der Waals surface area contributed by atoms with Crippen molar-refractivity contribution >= 4 is 17.9 Å². The lowest BCUT2D eigenvalue weighted by molar-refractivity contribution is -0.251. The number of esters is 3. The van der Waals surface area contributed by atoms with E-state index in [-0.39, 0.29) is 16.7 Å². The van der Waals surface area contributed by atoms with Gasteiger partial charge in [-0.2, -0.15) is 0 Å². The largest absolute Gasteiger partial charge is 0.452 e. The number of hydrogen-bond donors (Lipinski definition) is 0. The first kappa shape index (κ1) is 24.1. The summed E-state index contributed by atoms with van der Waals surface area (Å²) in [7, 11) is 0. The van der Waals surface area contributed by atoms with Gasteiger partial charge in [-0.1, -0.05) is 54.6 Å². The Bertz CT molecular complexity index is 1090. The van der Waals surface area contributed by atoms with Gasteiger partial charge in [-0.15, -0.1) is 0 Å². The Labute approximate surface area is 201 Å². The van der Waals surface area contributed by atoms with Crippen LogP contribution in [0.5, 0.6) is 0 Å². The van der Waals surface area contributed by atoms with Crippen LogP contribution in [-0.2, 0) is 18.9 Å². The molecular formula is C27H23FO7. The number of carbonyl (C=O) groups is 3. The lowest BCUT2D eigenvalue weighted by Gasteiger charge is -2.41. The molecule has 0 aliphatic carbocycles. The molecule has 0 spiro atoms. The van der Waals surface area contributed by atoms with Crippen LogP contribution in [0.15, 0.2) is 91.0 Å². The minimum absolute atomic E-state index is 0.171. The quantitative estimate of drug-likeness (QED) is 0.384. The molecule has 0 bridgehead atoms. The SMILES string of the molecule is CC1OC(F)C(OC(=O)c2ccccc2)C(OC(=O)c2ccccc2)C1OC(=O)c1ccccc1. The van der Waals surface area contributed by atoms with Crippen molar-refractivity contribution in [2.75, 3.05) is 0 Å². The fourth-order valence-corrected chi connectivity index (χ4v) is 3.68. The maximum Gasteiger partial charge on any atom is 0.338 e. The van der Waals surface area contributed by atoms with Crippen molar-refractivity contribution in [3.63, 3.8) is 0 Å². The second-order valence-corrected chi connectivity index (χ2v) is 7.90. The zero-order valence-electron chi connectivity index (χ0n) is 18.8. The predicted molar refractivity (Wildman–Crippen MR) is 122 cm³/mol. The van der Waals surface area contributed by atoms with Gasteiger partial charge in [0.1, 0.15) is 0 Å². The fraction of sp³-hybridized carbons (Fsp3) is 0.222. The number of halogens is 1. The molecule has 3 aromatic rings. The smallest absolute Gasteiger partial charge is 0.338 e. The molecular weight excluding hydrogens is 455 g/mol. The molecule has 1 saturated heterocycles. The van der Waals surface area contributed by atoms with Crippen LogP contribution >= 0.6 is 0 Å². The minimum Gasteiger partial charge on any atom is -0.452 e. The van der Waals surface area contributed by atoms with E-state index >= 15 is 4.39 Å². The summed E-state index contributed by atoms with van der Waals surface area (Å²) in [5, 5.41) is 0. The van der Waals surface area contributed by atoms with Gasteiger partial charge in [0.25, 0.3) is 0 Å². The second kappa shape index (κ2) is 10.9. The third-order valence-corrected chi connectivity index (χ3v) is 5.47. The van der Waals surface area contributed by atoms with Gasteiger partial charge in [0.05, 0.1) is 22.8 Å². The van der Waals surface area contributed by atoms with E-state index in [1.165, 1.54) is 31.2 Å². The van der Waals surface area contributed by atoms with Crippen molar-refractivity contribution in [1.82, 2.24) is 0 Å². The minimum atomic E-state index is -2.13. The standard InChI is InChI=1S/C27H23FO7/c1-17-21(33-25(29)18-11-5-2-6-12-18)22(34-26(30)19-13-7-3-8-14-19)23(24(28)32-17)35-27(31)20-15-9-4-10-16-20/h2-17,21-24H,1H3. The van der Waals surface area contributed by atoms with E-state index in [0.29, 0.717) is 0 Å². The summed E-state index contributed by atoms with van der Waals surface area (Å²) in [6, 6.07) is 24.2. The Hall–Kier alpha value is -4.04. The van der Waals surface area contributed by atoms with Crippen LogP contribution in [0.25, 0.3) is 0 Å². The first-order valence-corrected chi connectivity index (χ1v) is 11.0. The van der Waals surface area contributed by atoms with Crippen molar-refractivity contribution in [2.24, 2.45) is 0 Å². The highest BCUT2D eigenvalue weighted by Gasteiger charge is 2.51. The molecule has 1 heterocycles. The maximum absolute atomic E-state index is 15.1. The van der Waals surface area contributed by atoms with Gasteiger partial charge < -0.3 is 18.9 Å². The first-order valence-electron chi connectivity index (χ1n) is 11.0. The third kappa shape index (κ3) is 5.73. The molecule has 0 saturated carbocycles. The molecule has 0 N–H and O–H groups in total. The topological polar surface area (TPSA) is 88.1 Å². The molecule has 0 radical (unpaired) electrons. The van der Waals surface area contributed by atoms with Crippen LogP contribution in [0, 0.1) is 0 Å². The molecule has 5 atom stereocenters. The van der Waals surface area contributed by atoms with Crippen LogP contribution in [0.4, 0.5) is 4.39 Å². The molecule has 1 aliphatic heterocycles. The molecule has 1 fully saturated rings. The number of ether oxygens (including phenoxy) is 4. The van der Waals surface area contributed by atoms with Crippen molar-refractivity contribution < 1.29 is 37.7 Å². The molecule has 180 valence electrons. The van der Waals surface area contributed by atoms with Gasteiger partial charge in [0.15, 0.2) is 18.3 Å². The van der Waals surface area contributed by atoms with Crippen molar-refractivity contribution in [3.8, 4) is 0 Å².